The van der Waals surface area contributed by atoms with Crippen LogP contribution in [0.2, 0.25) is 0 Å². The summed E-state index contributed by atoms with van der Waals surface area (Å²) in [6.07, 6.45) is 3.14. The van der Waals surface area contributed by atoms with Gasteiger partial charge >= 0.3 is 0 Å². The Morgan fingerprint density at radius 3 is 2.64 bits per heavy atom. The molecule has 1 N–H and O–H groups in total. The molecule has 4 aromatic rings. The van der Waals surface area contributed by atoms with Crippen molar-refractivity contribution < 1.29 is 0 Å². The van der Waals surface area contributed by atoms with Crippen LogP contribution in [0.15, 0.2) is 52.7 Å². The fraction of sp³-hybridized carbons (Fsp3) is 0.158. The van der Waals surface area contributed by atoms with E-state index in [9.17, 15) is 0 Å². The number of rotatable bonds is 5. The molecular weight excluding hydrogens is 366 g/mol. The number of nitrogens with one attached hydrogen (secondary N) is 1. The van der Waals surface area contributed by atoms with E-state index < -0.39 is 0 Å². The minimum absolute atomic E-state index is 0.874. The zero-order chi connectivity index (χ0) is 17.2. The van der Waals surface area contributed by atoms with E-state index >= 15 is 0 Å². The van der Waals surface area contributed by atoms with Gasteiger partial charge in [0, 0.05) is 15.8 Å². The maximum Gasteiger partial charge on any atom is 0.190 e. The van der Waals surface area contributed by atoms with Gasteiger partial charge in [-0.1, -0.05) is 48.6 Å². The average molecular weight is 384 g/mol. The van der Waals surface area contributed by atoms with Crippen molar-refractivity contribution in [3.05, 3.63) is 53.4 Å². The zero-order valence-electron chi connectivity index (χ0n) is 13.9. The number of hydrogen-bond acceptors (Lipinski definition) is 6. The highest BCUT2D eigenvalue weighted by molar-refractivity contribution is 7.98. The second kappa shape index (κ2) is 7.15. The first-order valence-corrected chi connectivity index (χ1v) is 10.9. The molecule has 6 heteroatoms. The Morgan fingerprint density at radius 2 is 1.88 bits per heavy atom. The van der Waals surface area contributed by atoms with E-state index in [1.54, 1.807) is 34.4 Å². The average Bonchev–Trinajstić information content (AvgIpc) is 3.28. The number of thioether (sulfide) groups is 1. The number of fused-ring (bicyclic) bond motifs is 1. The normalized spacial score (nSPS) is 11.1. The lowest BCUT2D eigenvalue weighted by Gasteiger charge is -1.99. The molecule has 2 aromatic heterocycles. The first-order chi connectivity index (χ1) is 12.3. The van der Waals surface area contributed by atoms with Gasteiger partial charge in [0.1, 0.15) is 0 Å². The van der Waals surface area contributed by atoms with Crippen LogP contribution in [0.3, 0.4) is 0 Å². The van der Waals surface area contributed by atoms with Gasteiger partial charge in [0.25, 0.3) is 0 Å². The zero-order valence-corrected chi connectivity index (χ0v) is 16.4. The summed E-state index contributed by atoms with van der Waals surface area (Å²) in [5.74, 6) is 0. The molecule has 3 nitrogen and oxygen atoms in total. The Kier molecular flexibility index (Phi) is 4.74. The molecule has 0 radical (unpaired) electrons. The summed E-state index contributed by atoms with van der Waals surface area (Å²) in [4.78, 5) is 10.7. The molecule has 0 atom stereocenters. The van der Waals surface area contributed by atoms with Gasteiger partial charge in [-0.05, 0) is 30.4 Å². The van der Waals surface area contributed by atoms with Crippen LogP contribution in [-0.2, 0) is 6.42 Å². The summed E-state index contributed by atoms with van der Waals surface area (Å²) in [7, 11) is 0. The maximum atomic E-state index is 4.74. The number of hydrogen-bond donors (Lipinski definition) is 1. The molecule has 0 saturated heterocycles. The summed E-state index contributed by atoms with van der Waals surface area (Å²) in [5.41, 5.74) is 4.56. The predicted molar refractivity (Wildman–Crippen MR) is 112 cm³/mol. The van der Waals surface area contributed by atoms with E-state index in [4.69, 9.17) is 9.97 Å². The number of aromatic nitrogens is 2. The van der Waals surface area contributed by atoms with Crippen LogP contribution in [-0.4, -0.2) is 16.2 Å². The number of aryl methyl sites for hydroxylation is 1. The Hall–Kier alpha value is -1.89. The van der Waals surface area contributed by atoms with Crippen molar-refractivity contribution in [2.45, 2.75) is 18.2 Å². The molecule has 0 aliphatic carbocycles. The summed E-state index contributed by atoms with van der Waals surface area (Å²) in [6, 6.07) is 14.9. The van der Waals surface area contributed by atoms with Crippen molar-refractivity contribution >= 4 is 54.9 Å². The second-order valence-corrected chi connectivity index (χ2v) is 8.28. The van der Waals surface area contributed by atoms with E-state index in [-0.39, 0.29) is 0 Å². The molecule has 2 aromatic carbocycles. The molecule has 4 rings (SSSR count). The van der Waals surface area contributed by atoms with Gasteiger partial charge < -0.3 is 5.32 Å². The van der Waals surface area contributed by atoms with E-state index in [0.717, 1.165) is 33.5 Å². The molecule has 0 bridgehead atoms. The van der Waals surface area contributed by atoms with Gasteiger partial charge in [-0.15, -0.1) is 23.1 Å². The lowest BCUT2D eigenvalue weighted by Crippen LogP contribution is -1.88. The van der Waals surface area contributed by atoms with Gasteiger partial charge in [-0.25, -0.2) is 9.97 Å². The third kappa shape index (κ3) is 3.42. The van der Waals surface area contributed by atoms with Gasteiger partial charge in [-0.3, -0.25) is 0 Å². The molecule has 25 heavy (non-hydrogen) atoms. The Balaban J connectivity index is 1.58. The Bertz CT molecular complexity index is 1000. The molecule has 2 heterocycles. The largest absolute Gasteiger partial charge is 0.307 e. The molecule has 0 amide bonds. The molecule has 0 spiro atoms. The highest BCUT2D eigenvalue weighted by atomic mass is 32.2. The number of nitrogens with zero attached hydrogens (tertiary/aromatic N) is 2. The van der Waals surface area contributed by atoms with E-state index in [1.807, 2.05) is 0 Å². The lowest BCUT2D eigenvalue weighted by molar-refractivity contribution is 1.14. The van der Waals surface area contributed by atoms with Crippen molar-refractivity contribution in [1.82, 2.24) is 9.97 Å². The van der Waals surface area contributed by atoms with Gasteiger partial charge in [0.15, 0.2) is 10.3 Å². The maximum absolute atomic E-state index is 4.74. The first kappa shape index (κ1) is 16.6. The molecule has 0 aliphatic rings. The third-order valence-electron chi connectivity index (χ3n) is 3.98. The molecular formula is C19H17N3S3. The van der Waals surface area contributed by atoms with E-state index in [2.05, 4.69) is 66.3 Å². The van der Waals surface area contributed by atoms with Crippen LogP contribution < -0.4 is 5.32 Å². The van der Waals surface area contributed by atoms with Crippen LogP contribution in [0.5, 0.6) is 0 Å². The van der Waals surface area contributed by atoms with E-state index in [0.29, 0.717) is 0 Å². The van der Waals surface area contributed by atoms with Crippen LogP contribution in [0, 0.1) is 0 Å². The number of para-hydroxylation sites is 1. The van der Waals surface area contributed by atoms with Crippen molar-refractivity contribution in [1.29, 1.82) is 0 Å². The molecule has 0 unspecified atom stereocenters. The van der Waals surface area contributed by atoms with Gasteiger partial charge in [0.2, 0.25) is 0 Å². The third-order valence-corrected chi connectivity index (χ3v) is 6.44. The highest BCUT2D eigenvalue weighted by Crippen LogP contribution is 2.34. The minimum Gasteiger partial charge on any atom is -0.307 e. The van der Waals surface area contributed by atoms with Crippen molar-refractivity contribution in [2.75, 3.05) is 11.6 Å². The van der Waals surface area contributed by atoms with Gasteiger partial charge in [-0.2, -0.15) is 0 Å². The molecule has 0 fully saturated rings. The summed E-state index contributed by atoms with van der Waals surface area (Å²) in [6.45, 7) is 2.17. The predicted octanol–water partition coefficient (Wildman–Crippen LogP) is 6.45. The van der Waals surface area contributed by atoms with Crippen LogP contribution in [0.4, 0.5) is 10.3 Å². The summed E-state index contributed by atoms with van der Waals surface area (Å²) in [5, 5.41) is 7.21. The van der Waals surface area contributed by atoms with Crippen LogP contribution in [0.25, 0.3) is 21.5 Å². The lowest BCUT2D eigenvalue weighted by atomic mass is 10.1. The van der Waals surface area contributed by atoms with Crippen molar-refractivity contribution in [2.24, 2.45) is 0 Å². The van der Waals surface area contributed by atoms with Gasteiger partial charge in [0.05, 0.1) is 15.9 Å². The molecule has 0 aliphatic heterocycles. The monoisotopic (exact) mass is 383 g/mol. The molecule has 0 saturated carbocycles. The van der Waals surface area contributed by atoms with Crippen molar-refractivity contribution in [3.63, 3.8) is 0 Å². The number of thiazole rings is 2. The Labute approximate surface area is 159 Å². The fourth-order valence-corrected chi connectivity index (χ4v) is 4.91. The Morgan fingerprint density at radius 1 is 1.04 bits per heavy atom. The number of benzene rings is 2. The van der Waals surface area contributed by atoms with Crippen molar-refractivity contribution in [3.8, 4) is 11.3 Å². The number of anilines is 2. The smallest absolute Gasteiger partial charge is 0.190 e. The quantitative estimate of drug-likeness (QED) is 0.402. The topological polar surface area (TPSA) is 37.8 Å². The fourth-order valence-electron chi connectivity index (χ4n) is 2.61. The van der Waals surface area contributed by atoms with Crippen LogP contribution in [0.1, 0.15) is 12.5 Å². The first-order valence-electron chi connectivity index (χ1n) is 8.02. The highest BCUT2D eigenvalue weighted by Gasteiger charge is 2.10. The minimum atomic E-state index is 0.874. The van der Waals surface area contributed by atoms with Crippen LogP contribution >= 0.6 is 34.4 Å². The molecule has 126 valence electrons. The standard InChI is InChI=1S/C19H17N3S3/c1-3-12-7-9-13(10-8-12)14-11-24-18(20-14)22-19-21-17-15(23-2)5-4-6-16(17)25-19/h4-11H,3H2,1-2H3,(H,20,21,22). The summed E-state index contributed by atoms with van der Waals surface area (Å²) >= 11 is 5.00. The van der Waals surface area contributed by atoms with E-state index in [1.165, 1.54) is 15.2 Å². The second-order valence-electron chi connectivity index (χ2n) is 5.54. The SMILES string of the molecule is CCc1ccc(-c2csc(Nc3nc4c(SC)cccc4s3)n2)cc1. The summed E-state index contributed by atoms with van der Waals surface area (Å²) < 4.78 is 1.20.